The van der Waals surface area contributed by atoms with Crippen LogP contribution in [0.1, 0.15) is 0 Å². The van der Waals surface area contributed by atoms with Crippen LogP contribution in [-0.2, 0) is 9.47 Å². The molecule has 43 heavy (non-hydrogen) atoms. The van der Waals surface area contributed by atoms with Gasteiger partial charge >= 0.3 is 0 Å². The summed E-state index contributed by atoms with van der Waals surface area (Å²) in [5.41, 5.74) is -1.07. The first-order valence-corrected chi connectivity index (χ1v) is 13.0. The summed E-state index contributed by atoms with van der Waals surface area (Å²) in [5, 5.41) is 99.7. The molecule has 0 unspecified atom stereocenters. The van der Waals surface area contributed by atoms with Gasteiger partial charge in [0, 0.05) is 17.7 Å². The molecule has 3 aromatic rings. The van der Waals surface area contributed by atoms with Crippen molar-refractivity contribution >= 4 is 11.0 Å². The minimum atomic E-state index is -1.89. The van der Waals surface area contributed by atoms with Crippen molar-refractivity contribution in [3.63, 3.8) is 0 Å². The smallest absolute Gasteiger partial charge is 0.239 e. The summed E-state index contributed by atoms with van der Waals surface area (Å²) < 4.78 is 27.7. The van der Waals surface area contributed by atoms with Crippen LogP contribution in [0.25, 0.3) is 22.3 Å². The Morgan fingerprint density at radius 3 is 1.77 bits per heavy atom. The third-order valence-corrected chi connectivity index (χ3v) is 7.22. The zero-order valence-corrected chi connectivity index (χ0v) is 22.1. The zero-order chi connectivity index (χ0) is 31.2. The summed E-state index contributed by atoms with van der Waals surface area (Å²) in [4.78, 5) is 13.6. The first-order valence-electron chi connectivity index (χ1n) is 13.0. The second-order valence-corrected chi connectivity index (χ2v) is 10.1. The number of aromatic hydroxyl groups is 2. The molecule has 2 aromatic carbocycles. The molecule has 0 radical (unpaired) electrons. The van der Waals surface area contributed by atoms with Crippen LogP contribution in [0.3, 0.4) is 0 Å². The first-order chi connectivity index (χ1) is 20.4. The van der Waals surface area contributed by atoms with Crippen LogP contribution >= 0.6 is 0 Å². The van der Waals surface area contributed by atoms with Gasteiger partial charge in [0.25, 0.3) is 0 Å². The van der Waals surface area contributed by atoms with Gasteiger partial charge < -0.3 is 74.4 Å². The number of aliphatic hydroxyl groups excluding tert-OH is 8. The van der Waals surface area contributed by atoms with Crippen molar-refractivity contribution < 1.29 is 74.4 Å². The van der Waals surface area contributed by atoms with E-state index in [-0.39, 0.29) is 22.7 Å². The van der Waals surface area contributed by atoms with Gasteiger partial charge in [-0.25, -0.2) is 0 Å². The van der Waals surface area contributed by atoms with E-state index in [0.717, 1.165) is 12.1 Å². The molecule has 3 heterocycles. The fourth-order valence-corrected chi connectivity index (χ4v) is 4.83. The van der Waals surface area contributed by atoms with E-state index in [1.165, 1.54) is 24.3 Å². The van der Waals surface area contributed by atoms with Crippen molar-refractivity contribution in [1.82, 2.24) is 0 Å². The Balaban J connectivity index is 1.51. The highest BCUT2D eigenvalue weighted by molar-refractivity contribution is 5.88. The standard InChI is InChI=1S/C27H30O16/c28-7-14-17(32)20(35)22(37)26(41-14)39-11-3-1-9(2-4-11)24-25(19(34)16-12(31)5-10(30)6-13(16)40-24)43-27-23(38)21(36)18(33)15(8-29)42-27/h1-6,14-15,17-18,20-23,26-33,35-38H,7-8H2/t14-,15-,17-,18-,20+,21-,22+,23-,26-,27+/m0/s1. The molecule has 2 saturated heterocycles. The van der Waals surface area contributed by atoms with E-state index in [2.05, 4.69) is 0 Å². The molecule has 0 aliphatic carbocycles. The molecule has 1 aromatic heterocycles. The second-order valence-electron chi connectivity index (χ2n) is 10.1. The maximum Gasteiger partial charge on any atom is 0.239 e. The van der Waals surface area contributed by atoms with Crippen molar-refractivity contribution in [3.05, 3.63) is 46.6 Å². The molecule has 2 aliphatic heterocycles. The van der Waals surface area contributed by atoms with E-state index in [0.29, 0.717) is 0 Å². The lowest BCUT2D eigenvalue weighted by Gasteiger charge is -2.39. The highest BCUT2D eigenvalue weighted by Crippen LogP contribution is 2.38. The van der Waals surface area contributed by atoms with Crippen LogP contribution in [-0.4, -0.2) is 126 Å². The molecule has 2 fully saturated rings. The van der Waals surface area contributed by atoms with Gasteiger partial charge in [0.1, 0.15) is 77.0 Å². The predicted molar refractivity (Wildman–Crippen MR) is 140 cm³/mol. The summed E-state index contributed by atoms with van der Waals surface area (Å²) in [5.74, 6) is -1.91. The van der Waals surface area contributed by atoms with Gasteiger partial charge in [0.2, 0.25) is 23.8 Å². The number of hydrogen-bond donors (Lipinski definition) is 10. The highest BCUT2D eigenvalue weighted by Gasteiger charge is 2.46. The minimum absolute atomic E-state index is 0.0721. The largest absolute Gasteiger partial charge is 0.508 e. The quantitative estimate of drug-likeness (QED) is 0.130. The molecule has 0 saturated carbocycles. The van der Waals surface area contributed by atoms with E-state index in [4.69, 9.17) is 23.4 Å². The van der Waals surface area contributed by atoms with Crippen molar-refractivity contribution in [2.45, 2.75) is 61.4 Å². The molecule has 234 valence electrons. The average molecular weight is 611 g/mol. The maximum atomic E-state index is 13.6. The topological polar surface area (TPSA) is 269 Å². The lowest BCUT2D eigenvalue weighted by Crippen LogP contribution is -2.60. The molecule has 10 atom stereocenters. The Labute approximate surface area is 241 Å². The third-order valence-electron chi connectivity index (χ3n) is 7.22. The number of fused-ring (bicyclic) bond motifs is 1. The monoisotopic (exact) mass is 610 g/mol. The Morgan fingerprint density at radius 1 is 0.698 bits per heavy atom. The van der Waals surface area contributed by atoms with E-state index in [1.807, 2.05) is 0 Å². The average Bonchev–Trinajstić information content (AvgIpc) is 2.98. The van der Waals surface area contributed by atoms with Crippen LogP contribution < -0.4 is 14.9 Å². The van der Waals surface area contributed by atoms with Gasteiger partial charge in [-0.15, -0.1) is 0 Å². The summed E-state index contributed by atoms with van der Waals surface area (Å²) in [7, 11) is 0. The summed E-state index contributed by atoms with van der Waals surface area (Å²) in [6, 6.07) is 7.38. The van der Waals surface area contributed by atoms with E-state index in [9.17, 15) is 55.9 Å². The fraction of sp³-hybridized carbons (Fsp3) is 0.444. The minimum Gasteiger partial charge on any atom is -0.508 e. The van der Waals surface area contributed by atoms with Crippen LogP contribution in [0.5, 0.6) is 23.0 Å². The normalized spacial score (nSPS) is 32.9. The van der Waals surface area contributed by atoms with E-state index < -0.39 is 103 Å². The number of benzene rings is 2. The van der Waals surface area contributed by atoms with Crippen LogP contribution in [0.4, 0.5) is 0 Å². The molecule has 10 N–H and O–H groups in total. The number of hydrogen-bond acceptors (Lipinski definition) is 16. The van der Waals surface area contributed by atoms with Gasteiger partial charge in [-0.05, 0) is 24.3 Å². The molecule has 0 amide bonds. The van der Waals surface area contributed by atoms with Crippen molar-refractivity contribution in [2.75, 3.05) is 13.2 Å². The van der Waals surface area contributed by atoms with Gasteiger partial charge in [-0.1, -0.05) is 0 Å². The molecular formula is C27H30O16. The number of phenols is 2. The summed E-state index contributed by atoms with van der Waals surface area (Å²) in [6.45, 7) is -1.42. The van der Waals surface area contributed by atoms with Gasteiger partial charge in [-0.2, -0.15) is 0 Å². The zero-order valence-electron chi connectivity index (χ0n) is 22.1. The second kappa shape index (κ2) is 12.2. The maximum absolute atomic E-state index is 13.6. The van der Waals surface area contributed by atoms with Crippen LogP contribution in [0.2, 0.25) is 0 Å². The third kappa shape index (κ3) is 5.73. The van der Waals surface area contributed by atoms with E-state index >= 15 is 0 Å². The molecule has 0 spiro atoms. The summed E-state index contributed by atoms with van der Waals surface area (Å²) in [6.07, 6.45) is -16.2. The van der Waals surface area contributed by atoms with Crippen molar-refractivity contribution in [3.8, 4) is 34.3 Å². The summed E-state index contributed by atoms with van der Waals surface area (Å²) >= 11 is 0. The lowest BCUT2D eigenvalue weighted by atomic mass is 9.99. The number of rotatable bonds is 7. The van der Waals surface area contributed by atoms with Crippen molar-refractivity contribution in [2.24, 2.45) is 0 Å². The SMILES string of the molecule is O=c1c(O[C@H]2O[C@@H](CO)[C@H](O)[C@H](O)[C@@H]2O)c(-c2ccc(O[C@H]3O[C@@H](CO)[C@H](O)[C@@H](O)[C@H]3O)cc2)oc2cc(O)cc(O)c12. The molecule has 2 aliphatic rings. The first kappa shape index (κ1) is 30.9. The van der Waals surface area contributed by atoms with Gasteiger partial charge in [-0.3, -0.25) is 4.79 Å². The lowest BCUT2D eigenvalue weighted by molar-refractivity contribution is -0.277. The number of ether oxygens (including phenoxy) is 4. The molecule has 16 nitrogen and oxygen atoms in total. The van der Waals surface area contributed by atoms with Gasteiger partial charge in [0.05, 0.1) is 13.2 Å². The Morgan fingerprint density at radius 2 is 1.23 bits per heavy atom. The molecule has 16 heteroatoms. The van der Waals surface area contributed by atoms with Gasteiger partial charge in [0.15, 0.2) is 5.76 Å². The highest BCUT2D eigenvalue weighted by atomic mass is 16.7. The molecule has 0 bridgehead atoms. The number of phenolic OH excluding ortho intramolecular Hbond substituents is 2. The Hall–Kier alpha value is -3.55. The fourth-order valence-electron chi connectivity index (χ4n) is 4.83. The Kier molecular flexibility index (Phi) is 8.77. The number of aliphatic hydroxyl groups is 8. The van der Waals surface area contributed by atoms with Crippen molar-refractivity contribution in [1.29, 1.82) is 0 Å². The predicted octanol–water partition coefficient (Wildman–Crippen LogP) is -2.77. The van der Waals surface area contributed by atoms with Crippen LogP contribution in [0.15, 0.2) is 45.6 Å². The molecule has 5 rings (SSSR count). The van der Waals surface area contributed by atoms with Crippen LogP contribution in [0, 0.1) is 0 Å². The Bertz CT molecular complexity index is 1490. The van der Waals surface area contributed by atoms with E-state index in [1.54, 1.807) is 0 Å². The molecular weight excluding hydrogens is 580 g/mol.